The Bertz CT molecular complexity index is 456. The molecule has 1 aromatic carbocycles. The van der Waals surface area contributed by atoms with Crippen LogP contribution in [-0.2, 0) is 4.79 Å². The quantitative estimate of drug-likeness (QED) is 0.812. The minimum absolute atomic E-state index is 0.142. The van der Waals surface area contributed by atoms with Gasteiger partial charge in [-0.05, 0) is 18.6 Å². The standard InChI is InChI=1S/C13H15ClN2O/c1-2-4-12(17)16-8-7-15-13(16)10-5-3-6-11(14)9-10/h3,5-6,9H,2,4,7-8H2,1H3. The van der Waals surface area contributed by atoms with Crippen molar-refractivity contribution in [2.75, 3.05) is 13.1 Å². The average molecular weight is 251 g/mol. The van der Waals surface area contributed by atoms with Crippen LogP contribution in [0.3, 0.4) is 0 Å². The van der Waals surface area contributed by atoms with Crippen LogP contribution in [-0.4, -0.2) is 29.7 Å². The molecule has 0 unspecified atom stereocenters. The van der Waals surface area contributed by atoms with Gasteiger partial charge in [0.1, 0.15) is 5.84 Å². The molecular formula is C13H15ClN2O. The fourth-order valence-corrected chi connectivity index (χ4v) is 2.10. The maximum atomic E-state index is 11.9. The third-order valence-electron chi connectivity index (χ3n) is 2.69. The molecule has 0 saturated heterocycles. The highest BCUT2D eigenvalue weighted by molar-refractivity contribution is 6.31. The van der Waals surface area contributed by atoms with Crippen LogP contribution in [0.15, 0.2) is 29.3 Å². The van der Waals surface area contributed by atoms with Crippen LogP contribution >= 0.6 is 11.6 Å². The zero-order chi connectivity index (χ0) is 12.3. The van der Waals surface area contributed by atoms with E-state index in [4.69, 9.17) is 11.6 Å². The van der Waals surface area contributed by atoms with Gasteiger partial charge in [0.05, 0.1) is 6.54 Å². The maximum absolute atomic E-state index is 11.9. The van der Waals surface area contributed by atoms with Gasteiger partial charge in [-0.25, -0.2) is 0 Å². The molecule has 0 atom stereocenters. The van der Waals surface area contributed by atoms with Crippen LogP contribution in [0.4, 0.5) is 0 Å². The molecule has 1 aliphatic heterocycles. The number of halogens is 1. The predicted molar refractivity (Wildman–Crippen MR) is 69.5 cm³/mol. The van der Waals surface area contributed by atoms with Gasteiger partial charge in [0.2, 0.25) is 5.91 Å². The number of amidine groups is 1. The second kappa shape index (κ2) is 5.32. The Morgan fingerprint density at radius 2 is 2.35 bits per heavy atom. The summed E-state index contributed by atoms with van der Waals surface area (Å²) in [6.45, 7) is 3.36. The fraction of sp³-hybridized carbons (Fsp3) is 0.385. The van der Waals surface area contributed by atoms with Gasteiger partial charge in [0.15, 0.2) is 0 Å². The van der Waals surface area contributed by atoms with E-state index >= 15 is 0 Å². The molecule has 17 heavy (non-hydrogen) atoms. The summed E-state index contributed by atoms with van der Waals surface area (Å²) in [4.78, 5) is 18.1. The van der Waals surface area contributed by atoms with Crippen LogP contribution in [0.5, 0.6) is 0 Å². The topological polar surface area (TPSA) is 32.7 Å². The lowest BCUT2D eigenvalue weighted by molar-refractivity contribution is -0.127. The predicted octanol–water partition coefficient (Wildman–Crippen LogP) is 2.73. The van der Waals surface area contributed by atoms with E-state index in [9.17, 15) is 4.79 Å². The first-order valence-electron chi connectivity index (χ1n) is 5.83. The molecule has 1 amide bonds. The molecule has 1 aliphatic rings. The van der Waals surface area contributed by atoms with E-state index in [1.807, 2.05) is 31.2 Å². The molecule has 90 valence electrons. The van der Waals surface area contributed by atoms with Crippen molar-refractivity contribution in [2.45, 2.75) is 19.8 Å². The Morgan fingerprint density at radius 1 is 1.53 bits per heavy atom. The third-order valence-corrected chi connectivity index (χ3v) is 2.92. The second-order valence-electron chi connectivity index (χ2n) is 4.01. The first-order valence-corrected chi connectivity index (χ1v) is 6.21. The minimum atomic E-state index is 0.142. The van der Waals surface area contributed by atoms with Gasteiger partial charge in [0.25, 0.3) is 0 Å². The maximum Gasteiger partial charge on any atom is 0.228 e. The second-order valence-corrected chi connectivity index (χ2v) is 4.45. The SMILES string of the molecule is CCCC(=O)N1CCN=C1c1cccc(Cl)c1. The largest absolute Gasteiger partial charge is 0.295 e. The van der Waals surface area contributed by atoms with Crippen molar-refractivity contribution < 1.29 is 4.79 Å². The third kappa shape index (κ3) is 2.67. The Kier molecular flexibility index (Phi) is 3.79. The number of hydrogen-bond donors (Lipinski definition) is 0. The van der Waals surface area contributed by atoms with E-state index < -0.39 is 0 Å². The van der Waals surface area contributed by atoms with Gasteiger partial charge in [-0.1, -0.05) is 30.7 Å². The van der Waals surface area contributed by atoms with Crippen molar-refractivity contribution in [3.63, 3.8) is 0 Å². The van der Waals surface area contributed by atoms with Gasteiger partial charge >= 0.3 is 0 Å². The summed E-state index contributed by atoms with van der Waals surface area (Å²) in [6.07, 6.45) is 1.43. The molecule has 0 bridgehead atoms. The van der Waals surface area contributed by atoms with Gasteiger partial charge in [-0.15, -0.1) is 0 Å². The molecule has 0 aliphatic carbocycles. The number of amides is 1. The minimum Gasteiger partial charge on any atom is -0.295 e. The number of carbonyl (C=O) groups is 1. The van der Waals surface area contributed by atoms with E-state index in [1.54, 1.807) is 4.90 Å². The highest BCUT2D eigenvalue weighted by atomic mass is 35.5. The Hall–Kier alpha value is -1.35. The summed E-state index contributed by atoms with van der Waals surface area (Å²) < 4.78 is 0. The van der Waals surface area contributed by atoms with E-state index in [0.29, 0.717) is 24.5 Å². The van der Waals surface area contributed by atoms with Gasteiger partial charge in [-0.3, -0.25) is 14.7 Å². The van der Waals surface area contributed by atoms with Crippen LogP contribution in [0.2, 0.25) is 5.02 Å². The molecule has 1 heterocycles. The molecule has 3 nitrogen and oxygen atoms in total. The smallest absolute Gasteiger partial charge is 0.228 e. The number of nitrogens with zero attached hydrogens (tertiary/aromatic N) is 2. The highest BCUT2D eigenvalue weighted by Gasteiger charge is 2.23. The molecule has 1 aromatic rings. The van der Waals surface area contributed by atoms with Crippen LogP contribution < -0.4 is 0 Å². The molecule has 0 radical (unpaired) electrons. The first kappa shape index (κ1) is 12.1. The number of rotatable bonds is 3. The molecular weight excluding hydrogens is 236 g/mol. The normalized spacial score (nSPS) is 14.9. The van der Waals surface area contributed by atoms with Crippen molar-refractivity contribution >= 4 is 23.3 Å². The first-order chi connectivity index (χ1) is 8.22. The van der Waals surface area contributed by atoms with Crippen LogP contribution in [0, 0.1) is 0 Å². The lowest BCUT2D eigenvalue weighted by Gasteiger charge is -2.18. The lowest BCUT2D eigenvalue weighted by atomic mass is 10.2. The van der Waals surface area contributed by atoms with E-state index in [-0.39, 0.29) is 5.91 Å². The van der Waals surface area contributed by atoms with E-state index in [2.05, 4.69) is 4.99 Å². The molecule has 0 fully saturated rings. The lowest BCUT2D eigenvalue weighted by Crippen LogP contribution is -2.34. The monoisotopic (exact) mass is 250 g/mol. The number of aliphatic imine (C=N–C) groups is 1. The molecule has 0 aromatic heterocycles. The summed E-state index contributed by atoms with van der Waals surface area (Å²) in [5.74, 6) is 0.898. The summed E-state index contributed by atoms with van der Waals surface area (Å²) in [7, 11) is 0. The summed E-state index contributed by atoms with van der Waals surface area (Å²) in [6, 6.07) is 7.47. The summed E-state index contributed by atoms with van der Waals surface area (Å²) >= 11 is 5.95. The molecule has 0 N–H and O–H groups in total. The van der Waals surface area contributed by atoms with Crippen molar-refractivity contribution in [3.05, 3.63) is 34.9 Å². The van der Waals surface area contributed by atoms with Crippen molar-refractivity contribution in [3.8, 4) is 0 Å². The Morgan fingerprint density at radius 3 is 3.06 bits per heavy atom. The van der Waals surface area contributed by atoms with E-state index in [0.717, 1.165) is 17.8 Å². The van der Waals surface area contributed by atoms with Crippen molar-refractivity contribution in [1.82, 2.24) is 4.90 Å². The fourth-order valence-electron chi connectivity index (χ4n) is 1.91. The zero-order valence-corrected chi connectivity index (χ0v) is 10.6. The highest BCUT2D eigenvalue weighted by Crippen LogP contribution is 2.17. The molecule has 0 saturated carbocycles. The number of hydrogen-bond acceptors (Lipinski definition) is 2. The molecule has 2 rings (SSSR count). The van der Waals surface area contributed by atoms with E-state index in [1.165, 1.54) is 0 Å². The summed E-state index contributed by atoms with van der Waals surface area (Å²) in [5.41, 5.74) is 0.916. The van der Waals surface area contributed by atoms with Crippen LogP contribution in [0.1, 0.15) is 25.3 Å². The van der Waals surface area contributed by atoms with Crippen molar-refractivity contribution in [2.24, 2.45) is 4.99 Å². The van der Waals surface area contributed by atoms with Crippen molar-refractivity contribution in [1.29, 1.82) is 0 Å². The zero-order valence-electron chi connectivity index (χ0n) is 9.82. The number of benzene rings is 1. The number of carbonyl (C=O) groups excluding carboxylic acids is 1. The van der Waals surface area contributed by atoms with Gasteiger partial charge in [-0.2, -0.15) is 0 Å². The Labute approximate surface area is 106 Å². The molecule has 0 spiro atoms. The Balaban J connectivity index is 2.23. The van der Waals surface area contributed by atoms with Gasteiger partial charge in [0, 0.05) is 23.6 Å². The average Bonchev–Trinajstić information content (AvgIpc) is 2.78. The van der Waals surface area contributed by atoms with Gasteiger partial charge < -0.3 is 0 Å². The van der Waals surface area contributed by atoms with Crippen LogP contribution in [0.25, 0.3) is 0 Å². The molecule has 4 heteroatoms. The summed E-state index contributed by atoms with van der Waals surface area (Å²) in [5, 5.41) is 0.667.